The van der Waals surface area contributed by atoms with E-state index in [1.807, 2.05) is 30.3 Å². The molecule has 0 spiro atoms. The van der Waals surface area contributed by atoms with Gasteiger partial charge in [0.15, 0.2) is 0 Å². The second kappa shape index (κ2) is 7.48. The van der Waals surface area contributed by atoms with Crippen LogP contribution in [0.1, 0.15) is 22.3 Å². The predicted octanol–water partition coefficient (Wildman–Crippen LogP) is 3.43. The van der Waals surface area contributed by atoms with E-state index in [2.05, 4.69) is 29.6 Å². The molecule has 2 aromatic carbocycles. The summed E-state index contributed by atoms with van der Waals surface area (Å²) in [6.07, 6.45) is 2.08. The number of carbonyl (C=O) groups is 1. The van der Waals surface area contributed by atoms with Gasteiger partial charge >= 0.3 is 0 Å². The molecule has 1 amide bonds. The van der Waals surface area contributed by atoms with E-state index in [0.29, 0.717) is 0 Å². The highest BCUT2D eigenvalue weighted by Crippen LogP contribution is 2.16. The third-order valence-electron chi connectivity index (χ3n) is 3.36. The van der Waals surface area contributed by atoms with Gasteiger partial charge in [-0.3, -0.25) is 4.79 Å². The number of hydrogen-bond acceptors (Lipinski definition) is 2. The number of para-hydroxylation sites is 1. The highest BCUT2D eigenvalue weighted by molar-refractivity contribution is 5.99. The van der Waals surface area contributed by atoms with Crippen molar-refractivity contribution >= 4 is 11.6 Å². The second-order valence-electron chi connectivity index (χ2n) is 5.26. The zero-order chi connectivity index (χ0) is 15.1. The number of benzene rings is 2. The van der Waals surface area contributed by atoms with Gasteiger partial charge in [-0.15, -0.1) is 0 Å². The fourth-order valence-corrected chi connectivity index (χ4v) is 2.22. The summed E-state index contributed by atoms with van der Waals surface area (Å²) in [5.74, 6) is 0.0289. The second-order valence-corrected chi connectivity index (χ2v) is 5.26. The Labute approximate surface area is 126 Å². The fourth-order valence-electron chi connectivity index (χ4n) is 2.22. The molecule has 0 aliphatic heterocycles. The van der Waals surface area contributed by atoms with Crippen LogP contribution in [0.25, 0.3) is 0 Å². The van der Waals surface area contributed by atoms with Crippen LogP contribution in [0, 0.1) is 0 Å². The third kappa shape index (κ3) is 4.35. The minimum atomic E-state index is 0.0289. The molecule has 2 rings (SSSR count). The summed E-state index contributed by atoms with van der Waals surface area (Å²) < 4.78 is 0. The molecule has 0 aliphatic carbocycles. The molecule has 21 heavy (non-hydrogen) atoms. The van der Waals surface area contributed by atoms with Crippen LogP contribution in [0.3, 0.4) is 0 Å². The first-order valence-electron chi connectivity index (χ1n) is 7.27. The number of carbonyl (C=O) groups excluding carboxylic acids is 1. The third-order valence-corrected chi connectivity index (χ3v) is 3.36. The first-order chi connectivity index (χ1) is 10.2. The van der Waals surface area contributed by atoms with Gasteiger partial charge in [0.05, 0.1) is 5.56 Å². The molecular weight excluding hydrogens is 260 g/mol. The summed E-state index contributed by atoms with van der Waals surface area (Å²) in [4.78, 5) is 13.7. The van der Waals surface area contributed by atoms with Gasteiger partial charge < -0.3 is 10.2 Å². The monoisotopic (exact) mass is 282 g/mol. The van der Waals surface area contributed by atoms with E-state index in [1.165, 1.54) is 5.56 Å². The van der Waals surface area contributed by atoms with Crippen molar-refractivity contribution in [3.63, 3.8) is 0 Å². The Morgan fingerprint density at radius 2 is 1.67 bits per heavy atom. The Hall–Kier alpha value is -2.29. The summed E-state index contributed by atoms with van der Waals surface area (Å²) in [6, 6.07) is 18.1. The van der Waals surface area contributed by atoms with Crippen LogP contribution in [-0.4, -0.2) is 31.4 Å². The average molecular weight is 282 g/mol. The Balaban J connectivity index is 1.90. The number of aryl methyl sites for hydroxylation is 1. The van der Waals surface area contributed by atoms with Crippen LogP contribution in [0.5, 0.6) is 0 Å². The maximum Gasteiger partial charge on any atom is 0.255 e. The number of anilines is 1. The van der Waals surface area contributed by atoms with E-state index >= 15 is 0 Å². The van der Waals surface area contributed by atoms with Crippen molar-refractivity contribution in [3.05, 3.63) is 65.7 Å². The van der Waals surface area contributed by atoms with Gasteiger partial charge in [-0.25, -0.2) is 0 Å². The molecule has 3 nitrogen and oxygen atoms in total. The van der Waals surface area contributed by atoms with E-state index < -0.39 is 0 Å². The van der Waals surface area contributed by atoms with Crippen molar-refractivity contribution in [2.24, 2.45) is 0 Å². The van der Waals surface area contributed by atoms with Gasteiger partial charge in [-0.05, 0) is 30.5 Å². The maximum atomic E-state index is 12.1. The lowest BCUT2D eigenvalue weighted by Crippen LogP contribution is -2.23. The first kappa shape index (κ1) is 15.1. The van der Waals surface area contributed by atoms with Gasteiger partial charge in [0, 0.05) is 26.3 Å². The smallest absolute Gasteiger partial charge is 0.255 e. The molecule has 0 saturated carbocycles. The largest absolute Gasteiger partial charge is 0.384 e. The molecule has 0 aromatic heterocycles. The molecule has 110 valence electrons. The fraction of sp³-hybridized carbons (Fsp3) is 0.278. The van der Waals surface area contributed by atoms with Crippen LogP contribution >= 0.6 is 0 Å². The van der Waals surface area contributed by atoms with Crippen LogP contribution in [0.2, 0.25) is 0 Å². The van der Waals surface area contributed by atoms with Crippen molar-refractivity contribution < 1.29 is 4.79 Å². The molecule has 2 aromatic rings. The zero-order valence-corrected chi connectivity index (χ0v) is 12.7. The topological polar surface area (TPSA) is 32.3 Å². The molecular formula is C18H22N2O. The van der Waals surface area contributed by atoms with Crippen LogP contribution < -0.4 is 5.32 Å². The van der Waals surface area contributed by atoms with Crippen LogP contribution in [-0.2, 0) is 6.42 Å². The lowest BCUT2D eigenvalue weighted by Gasteiger charge is -2.15. The molecule has 1 N–H and O–H groups in total. The quantitative estimate of drug-likeness (QED) is 0.823. The minimum Gasteiger partial charge on any atom is -0.384 e. The Kier molecular flexibility index (Phi) is 5.38. The zero-order valence-electron chi connectivity index (χ0n) is 12.7. The molecule has 0 bridgehead atoms. The van der Waals surface area contributed by atoms with Crippen molar-refractivity contribution in [1.82, 2.24) is 4.90 Å². The van der Waals surface area contributed by atoms with Gasteiger partial charge in [-0.1, -0.05) is 42.5 Å². The SMILES string of the molecule is CN(C)C(=O)c1ccccc1NCCCc1ccccc1. The van der Waals surface area contributed by atoms with Crippen molar-refractivity contribution in [3.8, 4) is 0 Å². The molecule has 0 heterocycles. The van der Waals surface area contributed by atoms with Crippen molar-refractivity contribution in [2.75, 3.05) is 26.0 Å². The number of rotatable bonds is 6. The Morgan fingerprint density at radius 1 is 1.00 bits per heavy atom. The van der Waals surface area contributed by atoms with Gasteiger partial charge in [0.25, 0.3) is 5.91 Å². The van der Waals surface area contributed by atoms with Crippen LogP contribution in [0.15, 0.2) is 54.6 Å². The van der Waals surface area contributed by atoms with E-state index in [1.54, 1.807) is 19.0 Å². The number of amides is 1. The molecule has 0 saturated heterocycles. The van der Waals surface area contributed by atoms with Gasteiger partial charge in [0.2, 0.25) is 0 Å². The van der Waals surface area contributed by atoms with Crippen LogP contribution in [0.4, 0.5) is 5.69 Å². The summed E-state index contributed by atoms with van der Waals surface area (Å²) >= 11 is 0. The summed E-state index contributed by atoms with van der Waals surface area (Å²) in [7, 11) is 3.54. The molecule has 0 fully saturated rings. The normalized spacial score (nSPS) is 10.2. The Morgan fingerprint density at radius 3 is 2.38 bits per heavy atom. The molecule has 0 aliphatic rings. The summed E-state index contributed by atoms with van der Waals surface area (Å²) in [6.45, 7) is 0.854. The minimum absolute atomic E-state index is 0.0289. The molecule has 0 radical (unpaired) electrons. The summed E-state index contributed by atoms with van der Waals surface area (Å²) in [5.41, 5.74) is 2.98. The number of nitrogens with one attached hydrogen (secondary N) is 1. The van der Waals surface area contributed by atoms with E-state index in [-0.39, 0.29) is 5.91 Å². The first-order valence-corrected chi connectivity index (χ1v) is 7.27. The highest BCUT2D eigenvalue weighted by atomic mass is 16.2. The molecule has 0 atom stereocenters. The summed E-state index contributed by atoms with van der Waals surface area (Å²) in [5, 5.41) is 3.37. The van der Waals surface area contributed by atoms with Crippen molar-refractivity contribution in [1.29, 1.82) is 0 Å². The molecule has 3 heteroatoms. The van der Waals surface area contributed by atoms with E-state index in [4.69, 9.17) is 0 Å². The van der Waals surface area contributed by atoms with Gasteiger partial charge in [-0.2, -0.15) is 0 Å². The van der Waals surface area contributed by atoms with E-state index in [9.17, 15) is 4.79 Å². The average Bonchev–Trinajstić information content (AvgIpc) is 2.52. The maximum absolute atomic E-state index is 12.1. The van der Waals surface area contributed by atoms with Gasteiger partial charge in [0.1, 0.15) is 0 Å². The van der Waals surface area contributed by atoms with Crippen molar-refractivity contribution in [2.45, 2.75) is 12.8 Å². The predicted molar refractivity (Wildman–Crippen MR) is 87.7 cm³/mol. The lowest BCUT2D eigenvalue weighted by molar-refractivity contribution is 0.0828. The standard InChI is InChI=1S/C18H22N2O/c1-20(2)18(21)16-12-6-7-13-17(16)19-14-8-11-15-9-4-3-5-10-15/h3-7,9-10,12-13,19H,8,11,14H2,1-2H3. The van der Waals surface area contributed by atoms with E-state index in [0.717, 1.165) is 30.6 Å². The number of hydrogen-bond donors (Lipinski definition) is 1. The number of nitrogens with zero attached hydrogens (tertiary/aromatic N) is 1. The molecule has 0 unspecified atom stereocenters. The Bertz CT molecular complexity index is 579. The lowest BCUT2D eigenvalue weighted by atomic mass is 10.1. The highest BCUT2D eigenvalue weighted by Gasteiger charge is 2.11.